The van der Waals surface area contributed by atoms with Crippen molar-refractivity contribution in [3.8, 4) is 0 Å². The fourth-order valence-corrected chi connectivity index (χ4v) is 6.04. The first-order valence-corrected chi connectivity index (χ1v) is 18.5. The highest BCUT2D eigenvalue weighted by molar-refractivity contribution is 5.98. The number of carbonyl (C=O) groups is 4. The molecule has 0 radical (unpaired) electrons. The van der Waals surface area contributed by atoms with Gasteiger partial charge in [0.1, 0.15) is 12.1 Å². The molecule has 2 aromatic heterocycles. The number of aryl methyl sites for hydroxylation is 1. The molecule has 52 heavy (non-hydrogen) atoms. The molecule has 0 saturated heterocycles. The number of pyridine rings is 2. The Kier molecular flexibility index (Phi) is 17.2. The second-order valence-electron chi connectivity index (χ2n) is 13.9. The van der Waals surface area contributed by atoms with E-state index in [1.807, 2.05) is 71.0 Å². The van der Waals surface area contributed by atoms with E-state index in [0.29, 0.717) is 32.1 Å². The highest BCUT2D eigenvalue weighted by Crippen LogP contribution is 2.20. The van der Waals surface area contributed by atoms with Gasteiger partial charge in [0, 0.05) is 23.1 Å². The summed E-state index contributed by atoms with van der Waals surface area (Å²) in [4.78, 5) is 58.2. The smallest absolute Gasteiger partial charge is 0.252 e. The Morgan fingerprint density at radius 2 is 1.52 bits per heavy atom. The maximum absolute atomic E-state index is 13.7. The van der Waals surface area contributed by atoms with Gasteiger partial charge < -0.3 is 26.4 Å². The number of nitrogens with zero attached hydrogens (tertiary/aromatic N) is 2. The molecule has 12 heteroatoms. The van der Waals surface area contributed by atoms with Gasteiger partial charge in [0.05, 0.1) is 35.9 Å². The molecule has 0 fully saturated rings. The van der Waals surface area contributed by atoms with Gasteiger partial charge in [-0.2, -0.15) is 0 Å². The minimum atomic E-state index is -1.19. The highest BCUT2D eigenvalue weighted by atomic mass is 16.5. The van der Waals surface area contributed by atoms with Gasteiger partial charge in [0.2, 0.25) is 30.1 Å². The van der Waals surface area contributed by atoms with E-state index in [9.17, 15) is 29.5 Å². The quantitative estimate of drug-likeness (QED) is 0.0708. The number of hydrogen-bond acceptors (Lipinski definition) is 7. The SMILES string of the molecule is CCC[C@H](NC(=O)[C@@H](NC(=O)c1cc[n+](O)cc1)[C@@H](C)CC)C(=O)N[C@@H](CC(C)C)[C@@H](O)CC(=O)NC(CCCc1ccccc1)c1ccccn1. The summed E-state index contributed by atoms with van der Waals surface area (Å²) in [5.74, 6) is -1.98. The van der Waals surface area contributed by atoms with Crippen LogP contribution >= 0.6 is 0 Å². The van der Waals surface area contributed by atoms with Gasteiger partial charge in [-0.25, -0.2) is 0 Å². The minimum absolute atomic E-state index is 0.0878. The topological polar surface area (TPSA) is 174 Å². The van der Waals surface area contributed by atoms with E-state index in [2.05, 4.69) is 38.4 Å². The molecule has 6 atom stereocenters. The predicted molar refractivity (Wildman–Crippen MR) is 198 cm³/mol. The zero-order valence-corrected chi connectivity index (χ0v) is 31.1. The Bertz CT molecular complexity index is 1540. The van der Waals surface area contributed by atoms with Gasteiger partial charge in [-0.3, -0.25) is 29.4 Å². The maximum Gasteiger partial charge on any atom is 0.252 e. The van der Waals surface area contributed by atoms with E-state index in [1.54, 1.807) is 6.20 Å². The largest absolute Gasteiger partial charge is 0.390 e. The van der Waals surface area contributed by atoms with E-state index in [4.69, 9.17) is 0 Å². The molecule has 0 saturated carbocycles. The van der Waals surface area contributed by atoms with Crippen molar-refractivity contribution in [2.45, 2.75) is 116 Å². The Morgan fingerprint density at radius 3 is 2.13 bits per heavy atom. The Labute approximate surface area is 307 Å². The summed E-state index contributed by atoms with van der Waals surface area (Å²) in [5.41, 5.74) is 2.21. The number of benzene rings is 1. The molecular weight excluding hydrogens is 660 g/mol. The van der Waals surface area contributed by atoms with Crippen LogP contribution in [0.3, 0.4) is 0 Å². The molecule has 282 valence electrons. The number of nitrogens with one attached hydrogen (secondary N) is 4. The molecule has 0 spiro atoms. The first-order valence-electron chi connectivity index (χ1n) is 18.5. The van der Waals surface area contributed by atoms with Crippen molar-refractivity contribution in [1.29, 1.82) is 0 Å². The number of aromatic nitrogens is 2. The Hall–Kier alpha value is -4.84. The lowest BCUT2D eigenvalue weighted by Gasteiger charge is -2.30. The van der Waals surface area contributed by atoms with Gasteiger partial charge in [-0.15, -0.1) is 0 Å². The number of hydrogen-bond donors (Lipinski definition) is 6. The van der Waals surface area contributed by atoms with E-state index < -0.39 is 42.0 Å². The molecule has 0 aliphatic carbocycles. The third kappa shape index (κ3) is 13.7. The number of rotatable bonds is 21. The Balaban J connectivity index is 1.68. The van der Waals surface area contributed by atoms with Crippen molar-refractivity contribution in [3.63, 3.8) is 0 Å². The normalized spacial score (nSPS) is 14.7. The molecule has 12 nitrogen and oxygen atoms in total. The van der Waals surface area contributed by atoms with Crippen molar-refractivity contribution < 1.29 is 34.2 Å². The van der Waals surface area contributed by atoms with Gasteiger partial charge in [0.25, 0.3) is 5.91 Å². The Morgan fingerprint density at radius 1 is 0.827 bits per heavy atom. The zero-order chi connectivity index (χ0) is 38.0. The molecular formula is C40H57N6O6+. The molecule has 2 heterocycles. The van der Waals surface area contributed by atoms with Crippen molar-refractivity contribution in [2.24, 2.45) is 11.8 Å². The first-order chi connectivity index (χ1) is 24.9. The fourth-order valence-electron chi connectivity index (χ4n) is 6.04. The average Bonchev–Trinajstić information content (AvgIpc) is 3.13. The zero-order valence-electron chi connectivity index (χ0n) is 31.1. The molecule has 3 aromatic rings. The molecule has 1 unspecified atom stereocenters. The van der Waals surface area contributed by atoms with Crippen LogP contribution in [-0.4, -0.2) is 63.2 Å². The van der Waals surface area contributed by atoms with E-state index in [1.165, 1.54) is 30.1 Å². The summed E-state index contributed by atoms with van der Waals surface area (Å²) < 4.78 is 0.812. The molecule has 6 N–H and O–H groups in total. The molecule has 0 aliphatic heterocycles. The lowest BCUT2D eigenvalue weighted by Crippen LogP contribution is -2.57. The van der Waals surface area contributed by atoms with E-state index >= 15 is 0 Å². The number of amides is 4. The summed E-state index contributed by atoms with van der Waals surface area (Å²) in [6.45, 7) is 9.57. The van der Waals surface area contributed by atoms with Crippen LogP contribution in [0.4, 0.5) is 0 Å². The lowest BCUT2D eigenvalue weighted by molar-refractivity contribution is -0.904. The molecule has 3 rings (SSSR count). The van der Waals surface area contributed by atoms with Crippen LogP contribution in [0.25, 0.3) is 0 Å². The summed E-state index contributed by atoms with van der Waals surface area (Å²) >= 11 is 0. The van der Waals surface area contributed by atoms with Crippen molar-refractivity contribution >= 4 is 23.6 Å². The number of carbonyl (C=O) groups excluding carboxylic acids is 4. The van der Waals surface area contributed by atoms with Gasteiger partial charge >= 0.3 is 0 Å². The number of aliphatic hydroxyl groups excluding tert-OH is 1. The fraction of sp³-hybridized carbons (Fsp3) is 0.500. The molecule has 0 bridgehead atoms. The second-order valence-corrected chi connectivity index (χ2v) is 13.9. The first kappa shape index (κ1) is 41.6. The molecule has 1 aromatic carbocycles. The maximum atomic E-state index is 13.7. The monoisotopic (exact) mass is 717 g/mol. The minimum Gasteiger partial charge on any atom is -0.390 e. The van der Waals surface area contributed by atoms with Crippen LogP contribution in [0, 0.1) is 11.8 Å². The molecule has 0 aliphatic rings. The standard InChI is InChI=1S/C40H56N6O6/c1-6-14-33(43-40(51)37(28(5)7-2)45-38(49)30-20-23-46(52)24-21-30)39(50)44-34(25-27(3)4)35(47)26-36(48)42-32(31-18-11-12-22-41-31)19-13-17-29-15-9-8-10-16-29/h8-12,15-16,18,20-24,27-28,32-35,37,47H,6-7,13-14,17,19,25-26H2,1-5H3,(H4-,42,43,44,45,48,49,50,51,52)/p+1/t28-,32?,33-,34-,35-,37-/m0/s1. The van der Waals surface area contributed by atoms with Crippen LogP contribution in [0.1, 0.15) is 107 Å². The van der Waals surface area contributed by atoms with Crippen LogP contribution in [0.15, 0.2) is 79.3 Å². The predicted octanol–water partition coefficient (Wildman–Crippen LogP) is 4.20. The van der Waals surface area contributed by atoms with Crippen molar-refractivity contribution in [3.05, 3.63) is 96.1 Å². The van der Waals surface area contributed by atoms with Gasteiger partial charge in [0.15, 0.2) is 0 Å². The van der Waals surface area contributed by atoms with Gasteiger partial charge in [-0.05, 0) is 61.6 Å². The second kappa shape index (κ2) is 21.5. The molecule has 4 amide bonds. The van der Waals surface area contributed by atoms with E-state index in [0.717, 1.165) is 23.3 Å². The summed E-state index contributed by atoms with van der Waals surface area (Å²) in [5, 5.41) is 32.5. The van der Waals surface area contributed by atoms with Crippen LogP contribution in [-0.2, 0) is 20.8 Å². The summed E-state index contributed by atoms with van der Waals surface area (Å²) in [7, 11) is 0. The van der Waals surface area contributed by atoms with Crippen LogP contribution < -0.4 is 26.0 Å². The van der Waals surface area contributed by atoms with Crippen LogP contribution in [0.5, 0.6) is 0 Å². The third-order valence-electron chi connectivity index (χ3n) is 9.16. The van der Waals surface area contributed by atoms with E-state index in [-0.39, 0.29) is 35.8 Å². The highest BCUT2D eigenvalue weighted by Gasteiger charge is 2.32. The van der Waals surface area contributed by atoms with Crippen molar-refractivity contribution in [2.75, 3.05) is 0 Å². The van der Waals surface area contributed by atoms with Crippen molar-refractivity contribution in [1.82, 2.24) is 26.3 Å². The van der Waals surface area contributed by atoms with Crippen LogP contribution in [0.2, 0.25) is 0 Å². The summed E-state index contributed by atoms with van der Waals surface area (Å²) in [6.07, 6.45) is 7.13. The number of aliphatic hydroxyl groups is 1. The lowest BCUT2D eigenvalue weighted by atomic mass is 9.95. The third-order valence-corrected chi connectivity index (χ3v) is 9.16. The summed E-state index contributed by atoms with van der Waals surface area (Å²) in [6, 6.07) is 15.6. The average molecular weight is 718 g/mol. The van der Waals surface area contributed by atoms with Gasteiger partial charge in [-0.1, -0.05) is 83.9 Å².